The summed E-state index contributed by atoms with van der Waals surface area (Å²) in [5.41, 5.74) is 1.13. The van der Waals surface area contributed by atoms with Crippen LogP contribution in [0.25, 0.3) is 0 Å². The number of furan rings is 1. The summed E-state index contributed by atoms with van der Waals surface area (Å²) in [4.78, 5) is 17.4. The van der Waals surface area contributed by atoms with Gasteiger partial charge < -0.3 is 14.1 Å². The van der Waals surface area contributed by atoms with Gasteiger partial charge in [0.25, 0.3) is 5.91 Å². The number of hydrogen-bond acceptors (Lipinski definition) is 4. The lowest BCUT2D eigenvalue weighted by atomic mass is 10.1. The van der Waals surface area contributed by atoms with Gasteiger partial charge >= 0.3 is 0 Å². The second-order valence-electron chi connectivity index (χ2n) is 7.69. The van der Waals surface area contributed by atoms with Gasteiger partial charge in [0, 0.05) is 37.2 Å². The van der Waals surface area contributed by atoms with E-state index < -0.39 is 0 Å². The Morgan fingerprint density at radius 2 is 2.00 bits per heavy atom. The van der Waals surface area contributed by atoms with E-state index >= 15 is 0 Å². The van der Waals surface area contributed by atoms with E-state index in [1.54, 1.807) is 18.4 Å². The molecule has 0 N–H and O–H groups in total. The average Bonchev–Trinajstić information content (AvgIpc) is 3.42. The molecule has 0 bridgehead atoms. The Morgan fingerprint density at radius 3 is 2.75 bits per heavy atom. The molecule has 1 saturated heterocycles. The summed E-state index contributed by atoms with van der Waals surface area (Å²) in [5, 5.41) is 0.797. The lowest BCUT2D eigenvalue weighted by Gasteiger charge is -2.37. The topological polar surface area (TPSA) is 45.9 Å². The van der Waals surface area contributed by atoms with Crippen molar-refractivity contribution in [1.82, 2.24) is 9.80 Å². The number of halogens is 1. The highest BCUT2D eigenvalue weighted by molar-refractivity contribution is 6.31. The minimum absolute atomic E-state index is 0.00394. The zero-order chi connectivity index (χ0) is 19.3. The number of carbonyl (C=O) groups excluding carboxylic acids is 1. The summed E-state index contributed by atoms with van der Waals surface area (Å²) in [6.07, 6.45) is 6.02. The van der Waals surface area contributed by atoms with E-state index in [2.05, 4.69) is 11.0 Å². The van der Waals surface area contributed by atoms with Crippen LogP contribution in [0.4, 0.5) is 0 Å². The molecular weight excluding hydrogens is 376 g/mol. The number of rotatable bonds is 6. The van der Waals surface area contributed by atoms with E-state index in [0.717, 1.165) is 43.1 Å². The molecule has 1 unspecified atom stereocenters. The lowest BCUT2D eigenvalue weighted by molar-refractivity contribution is -0.0471. The number of nitrogens with zero attached hydrogens (tertiary/aromatic N) is 2. The second-order valence-corrected chi connectivity index (χ2v) is 8.10. The first kappa shape index (κ1) is 19.5. The Bertz CT molecular complexity index is 774. The Labute approximate surface area is 171 Å². The largest absolute Gasteiger partial charge is 0.459 e. The van der Waals surface area contributed by atoms with Crippen molar-refractivity contribution in [3.63, 3.8) is 0 Å². The number of hydrogen-bond donors (Lipinski definition) is 0. The van der Waals surface area contributed by atoms with E-state index in [0.29, 0.717) is 18.9 Å². The van der Waals surface area contributed by atoms with E-state index in [-0.39, 0.29) is 18.1 Å². The van der Waals surface area contributed by atoms with Crippen molar-refractivity contribution in [1.29, 1.82) is 0 Å². The SMILES string of the molecule is O=C(c1ccco1)N(CC1CN(Cc2ccccc2Cl)CCO1)C1CCCC1. The lowest BCUT2D eigenvalue weighted by Crippen LogP contribution is -2.50. The standard InChI is InChI=1S/C22H27ClN2O3/c23-20-9-4-1-6-17(20)14-24-11-13-27-19(15-24)16-25(18-7-2-3-8-18)22(26)21-10-5-12-28-21/h1,4-6,9-10,12,18-19H,2-3,7-8,11,13-16H2. The van der Waals surface area contributed by atoms with Crippen LogP contribution >= 0.6 is 11.6 Å². The number of amides is 1. The quantitative estimate of drug-likeness (QED) is 0.725. The van der Waals surface area contributed by atoms with Gasteiger partial charge in [0.05, 0.1) is 19.0 Å². The molecule has 2 aromatic rings. The summed E-state index contributed by atoms with van der Waals surface area (Å²) in [6, 6.07) is 11.8. The van der Waals surface area contributed by atoms with Crippen LogP contribution in [-0.2, 0) is 11.3 Å². The fraction of sp³-hybridized carbons (Fsp3) is 0.500. The summed E-state index contributed by atoms with van der Waals surface area (Å²) in [7, 11) is 0. The van der Waals surface area contributed by atoms with Crippen LogP contribution in [0.5, 0.6) is 0 Å². The van der Waals surface area contributed by atoms with Crippen LogP contribution in [0, 0.1) is 0 Å². The van der Waals surface area contributed by atoms with Crippen molar-refractivity contribution >= 4 is 17.5 Å². The Hall–Kier alpha value is -1.82. The van der Waals surface area contributed by atoms with Crippen molar-refractivity contribution in [3.8, 4) is 0 Å². The van der Waals surface area contributed by atoms with Crippen molar-refractivity contribution in [3.05, 3.63) is 59.0 Å². The molecule has 6 heteroatoms. The van der Waals surface area contributed by atoms with Crippen molar-refractivity contribution in [2.45, 2.75) is 44.4 Å². The first-order chi connectivity index (χ1) is 13.7. The smallest absolute Gasteiger partial charge is 0.289 e. The normalized spacial score (nSPS) is 21.1. The fourth-order valence-corrected chi connectivity index (χ4v) is 4.47. The molecule has 1 aromatic carbocycles. The molecule has 0 spiro atoms. The van der Waals surface area contributed by atoms with E-state index in [9.17, 15) is 4.79 Å². The first-order valence-corrected chi connectivity index (χ1v) is 10.5. The van der Waals surface area contributed by atoms with Crippen LogP contribution < -0.4 is 0 Å². The monoisotopic (exact) mass is 402 g/mol. The first-order valence-electron chi connectivity index (χ1n) is 10.1. The van der Waals surface area contributed by atoms with Crippen molar-refractivity contribution < 1.29 is 13.9 Å². The maximum absolute atomic E-state index is 13.0. The van der Waals surface area contributed by atoms with Gasteiger partial charge in [-0.1, -0.05) is 42.6 Å². The van der Waals surface area contributed by atoms with Gasteiger partial charge in [-0.05, 0) is 36.6 Å². The number of morpholine rings is 1. The second kappa shape index (κ2) is 9.12. The van der Waals surface area contributed by atoms with Gasteiger partial charge in [0.2, 0.25) is 0 Å². The van der Waals surface area contributed by atoms with E-state index in [1.807, 2.05) is 23.1 Å². The molecule has 2 heterocycles. The molecular formula is C22H27ClN2O3. The molecule has 1 aliphatic heterocycles. The minimum atomic E-state index is -0.0243. The van der Waals surface area contributed by atoms with Gasteiger partial charge in [-0.3, -0.25) is 9.69 Å². The average molecular weight is 403 g/mol. The molecule has 1 atom stereocenters. The maximum Gasteiger partial charge on any atom is 0.289 e. The maximum atomic E-state index is 13.0. The predicted octanol–water partition coefficient (Wildman–Crippen LogP) is 4.22. The van der Waals surface area contributed by atoms with Crippen LogP contribution in [0.2, 0.25) is 5.02 Å². The van der Waals surface area contributed by atoms with Gasteiger partial charge in [-0.2, -0.15) is 0 Å². The molecule has 2 fully saturated rings. The molecule has 1 saturated carbocycles. The summed E-state index contributed by atoms with van der Waals surface area (Å²) in [6.45, 7) is 3.73. The summed E-state index contributed by atoms with van der Waals surface area (Å²) in [5.74, 6) is 0.388. The van der Waals surface area contributed by atoms with Gasteiger partial charge in [0.1, 0.15) is 0 Å². The van der Waals surface area contributed by atoms with Gasteiger partial charge in [-0.15, -0.1) is 0 Å². The fourth-order valence-electron chi connectivity index (χ4n) is 4.28. The molecule has 1 aliphatic carbocycles. The highest BCUT2D eigenvalue weighted by Crippen LogP contribution is 2.26. The Morgan fingerprint density at radius 1 is 1.18 bits per heavy atom. The third-order valence-corrected chi connectivity index (χ3v) is 6.10. The molecule has 0 radical (unpaired) electrons. The zero-order valence-electron chi connectivity index (χ0n) is 16.1. The summed E-state index contributed by atoms with van der Waals surface area (Å²) < 4.78 is 11.4. The van der Waals surface area contributed by atoms with E-state index in [1.165, 1.54) is 12.8 Å². The zero-order valence-corrected chi connectivity index (χ0v) is 16.8. The number of carbonyl (C=O) groups is 1. The molecule has 1 amide bonds. The van der Waals surface area contributed by atoms with Crippen molar-refractivity contribution in [2.75, 3.05) is 26.2 Å². The molecule has 28 heavy (non-hydrogen) atoms. The predicted molar refractivity (Wildman–Crippen MR) is 108 cm³/mol. The van der Waals surface area contributed by atoms with Gasteiger partial charge in [0.15, 0.2) is 5.76 Å². The molecule has 4 rings (SSSR count). The van der Waals surface area contributed by atoms with Gasteiger partial charge in [-0.25, -0.2) is 0 Å². The Balaban J connectivity index is 1.42. The number of benzene rings is 1. The molecule has 1 aromatic heterocycles. The minimum Gasteiger partial charge on any atom is -0.459 e. The third kappa shape index (κ3) is 4.59. The van der Waals surface area contributed by atoms with Crippen LogP contribution in [-0.4, -0.2) is 54.1 Å². The van der Waals surface area contributed by atoms with Crippen LogP contribution in [0.3, 0.4) is 0 Å². The molecule has 2 aliphatic rings. The number of ether oxygens (including phenoxy) is 1. The third-order valence-electron chi connectivity index (χ3n) is 5.73. The highest BCUT2D eigenvalue weighted by Gasteiger charge is 2.32. The molecule has 150 valence electrons. The van der Waals surface area contributed by atoms with E-state index in [4.69, 9.17) is 20.8 Å². The van der Waals surface area contributed by atoms with Crippen LogP contribution in [0.15, 0.2) is 47.1 Å². The summed E-state index contributed by atoms with van der Waals surface area (Å²) >= 11 is 6.33. The Kier molecular flexibility index (Phi) is 6.35. The molecule has 5 nitrogen and oxygen atoms in total. The highest BCUT2D eigenvalue weighted by atomic mass is 35.5. The van der Waals surface area contributed by atoms with Crippen LogP contribution in [0.1, 0.15) is 41.8 Å². The van der Waals surface area contributed by atoms with Crippen molar-refractivity contribution in [2.24, 2.45) is 0 Å².